The fraction of sp³-hybridized carbons (Fsp3) is 0.769. The van der Waals surface area contributed by atoms with Crippen molar-refractivity contribution in [1.29, 1.82) is 0 Å². The van der Waals surface area contributed by atoms with Crippen molar-refractivity contribution in [3.63, 3.8) is 0 Å². The molecule has 0 aromatic heterocycles. The highest BCUT2D eigenvalue weighted by atomic mass is 33.1. The Balaban J connectivity index is 0. The molecule has 0 rings (SSSR count). The Morgan fingerprint density at radius 2 is 1.54 bits per heavy atom. The minimum atomic E-state index is -1.46. The Morgan fingerprint density at radius 3 is 1.88 bits per heavy atom. The van der Waals surface area contributed by atoms with Gasteiger partial charge in [-0.3, -0.25) is 14.4 Å². The molecule has 0 aromatic rings. The standard InChI is InChI=1S/C11H20N2O6S2.C2H6O/c1-11(2,3)19-10(18)7(6(13)9(16)17)21-20-4-5(12)8(14)15;1-3-2/h5-7H,4,12-13H2,1-3H3,(H,14,15)(H,16,17);1-2H3. The van der Waals surface area contributed by atoms with Crippen LogP contribution in [0.15, 0.2) is 0 Å². The molecular weight excluding hydrogens is 360 g/mol. The second kappa shape index (κ2) is 12.4. The van der Waals surface area contributed by atoms with Crippen molar-refractivity contribution in [2.45, 2.75) is 43.7 Å². The molecule has 24 heavy (non-hydrogen) atoms. The molecule has 0 saturated carbocycles. The van der Waals surface area contributed by atoms with E-state index in [4.69, 9.17) is 26.4 Å². The van der Waals surface area contributed by atoms with Crippen molar-refractivity contribution in [2.75, 3.05) is 20.0 Å². The first kappa shape index (κ1) is 25.2. The highest BCUT2D eigenvalue weighted by Gasteiger charge is 2.35. The monoisotopic (exact) mass is 386 g/mol. The van der Waals surface area contributed by atoms with E-state index in [1.54, 1.807) is 35.0 Å². The third-order valence-corrected chi connectivity index (χ3v) is 4.75. The van der Waals surface area contributed by atoms with Crippen LogP contribution in [0.25, 0.3) is 0 Å². The molecule has 0 aliphatic heterocycles. The number of methoxy groups -OCH3 is 1. The van der Waals surface area contributed by atoms with Crippen LogP contribution >= 0.6 is 21.6 Å². The van der Waals surface area contributed by atoms with Crippen LogP contribution < -0.4 is 11.5 Å². The zero-order valence-corrected chi connectivity index (χ0v) is 16.0. The average molecular weight is 386 g/mol. The van der Waals surface area contributed by atoms with Gasteiger partial charge in [0.25, 0.3) is 0 Å². The van der Waals surface area contributed by atoms with Crippen LogP contribution in [0.2, 0.25) is 0 Å². The summed E-state index contributed by atoms with van der Waals surface area (Å²) >= 11 is 0. The van der Waals surface area contributed by atoms with Gasteiger partial charge in [-0.2, -0.15) is 0 Å². The van der Waals surface area contributed by atoms with Crippen LogP contribution in [0.5, 0.6) is 0 Å². The van der Waals surface area contributed by atoms with Gasteiger partial charge in [0.15, 0.2) is 0 Å². The molecule has 0 fully saturated rings. The van der Waals surface area contributed by atoms with Gasteiger partial charge in [-0.05, 0) is 20.8 Å². The normalized spacial score (nSPS) is 14.6. The predicted molar refractivity (Wildman–Crippen MR) is 93.8 cm³/mol. The van der Waals surface area contributed by atoms with E-state index in [9.17, 15) is 14.4 Å². The quantitative estimate of drug-likeness (QED) is 0.332. The molecule has 0 radical (unpaired) electrons. The number of ether oxygens (including phenoxy) is 2. The van der Waals surface area contributed by atoms with Gasteiger partial charge in [-0.15, -0.1) is 0 Å². The van der Waals surface area contributed by atoms with Crippen molar-refractivity contribution >= 4 is 39.5 Å². The summed E-state index contributed by atoms with van der Waals surface area (Å²) in [5, 5.41) is 16.4. The molecule has 11 heteroatoms. The fourth-order valence-electron chi connectivity index (χ4n) is 0.992. The number of hydrogen-bond donors (Lipinski definition) is 4. The number of aliphatic carboxylic acids is 2. The molecule has 3 atom stereocenters. The van der Waals surface area contributed by atoms with E-state index in [1.807, 2.05) is 0 Å². The highest BCUT2D eigenvalue weighted by molar-refractivity contribution is 8.77. The van der Waals surface area contributed by atoms with Crippen LogP contribution in [0.1, 0.15) is 20.8 Å². The maximum absolute atomic E-state index is 12.0. The number of rotatable bonds is 8. The van der Waals surface area contributed by atoms with Gasteiger partial charge in [0.05, 0.1) is 0 Å². The molecule has 0 amide bonds. The average Bonchev–Trinajstić information content (AvgIpc) is 2.41. The molecule has 3 unspecified atom stereocenters. The van der Waals surface area contributed by atoms with Crippen molar-refractivity contribution in [3.8, 4) is 0 Å². The first-order valence-electron chi connectivity index (χ1n) is 6.75. The lowest BCUT2D eigenvalue weighted by molar-refractivity contribution is -0.157. The van der Waals surface area contributed by atoms with Crippen LogP contribution in [-0.2, 0) is 23.9 Å². The van der Waals surface area contributed by atoms with Gasteiger partial charge >= 0.3 is 17.9 Å². The first-order valence-corrected chi connectivity index (χ1v) is 9.13. The van der Waals surface area contributed by atoms with E-state index in [-0.39, 0.29) is 5.75 Å². The molecule has 0 aliphatic carbocycles. The Morgan fingerprint density at radius 1 is 1.08 bits per heavy atom. The minimum absolute atomic E-state index is 0.00559. The Labute approximate surface area is 149 Å². The Hall–Kier alpha value is -1.01. The molecule has 0 heterocycles. The second-order valence-electron chi connectivity index (χ2n) is 5.55. The van der Waals surface area contributed by atoms with E-state index in [0.29, 0.717) is 0 Å². The number of carbonyl (C=O) groups excluding carboxylic acids is 1. The zero-order valence-electron chi connectivity index (χ0n) is 14.3. The predicted octanol–water partition coefficient (Wildman–Crippen LogP) is 0.165. The maximum Gasteiger partial charge on any atom is 0.322 e. The van der Waals surface area contributed by atoms with E-state index in [0.717, 1.165) is 21.6 Å². The third kappa shape index (κ3) is 12.4. The van der Waals surface area contributed by atoms with Crippen LogP contribution in [0.3, 0.4) is 0 Å². The number of esters is 1. The van der Waals surface area contributed by atoms with Crippen molar-refractivity contribution in [1.82, 2.24) is 0 Å². The van der Waals surface area contributed by atoms with Crippen LogP contribution in [0, 0.1) is 0 Å². The van der Waals surface area contributed by atoms with Gasteiger partial charge < -0.3 is 31.2 Å². The summed E-state index contributed by atoms with van der Waals surface area (Å²) in [7, 11) is 5.06. The molecule has 0 saturated heterocycles. The van der Waals surface area contributed by atoms with Gasteiger partial charge in [0, 0.05) is 20.0 Å². The van der Waals surface area contributed by atoms with Crippen molar-refractivity contribution in [3.05, 3.63) is 0 Å². The van der Waals surface area contributed by atoms with Crippen molar-refractivity contribution in [2.24, 2.45) is 11.5 Å². The smallest absolute Gasteiger partial charge is 0.322 e. The Bertz CT molecular complexity index is 416. The summed E-state index contributed by atoms with van der Waals surface area (Å²) in [5.41, 5.74) is 10.0. The maximum atomic E-state index is 12.0. The lowest BCUT2D eigenvalue weighted by Gasteiger charge is -2.25. The van der Waals surface area contributed by atoms with Crippen LogP contribution in [-0.4, -0.2) is 71.0 Å². The number of carboxylic acids is 2. The topological polar surface area (TPSA) is 162 Å². The summed E-state index contributed by atoms with van der Waals surface area (Å²) in [6.45, 7) is 4.94. The summed E-state index contributed by atoms with van der Waals surface area (Å²) < 4.78 is 9.36. The Kier molecular flexibility index (Phi) is 13.0. The number of carboxylic acid groups (broad SMARTS) is 2. The van der Waals surface area contributed by atoms with Gasteiger partial charge in [0.1, 0.15) is 22.9 Å². The van der Waals surface area contributed by atoms with E-state index < -0.39 is 40.8 Å². The van der Waals surface area contributed by atoms with E-state index in [2.05, 4.69) is 4.74 Å². The van der Waals surface area contributed by atoms with E-state index >= 15 is 0 Å². The summed E-state index contributed by atoms with van der Waals surface area (Å²) in [6, 6.07) is -2.57. The molecule has 142 valence electrons. The molecule has 0 aromatic carbocycles. The van der Waals surface area contributed by atoms with Crippen LogP contribution in [0.4, 0.5) is 0 Å². The molecular formula is C13H26N2O7S2. The summed E-state index contributed by atoms with van der Waals surface area (Å²) in [4.78, 5) is 33.5. The zero-order chi connectivity index (χ0) is 19.5. The number of carbonyl (C=O) groups is 3. The highest BCUT2D eigenvalue weighted by Crippen LogP contribution is 2.30. The molecule has 0 bridgehead atoms. The van der Waals surface area contributed by atoms with E-state index in [1.165, 1.54) is 0 Å². The van der Waals surface area contributed by atoms with Gasteiger partial charge in [-0.25, -0.2) is 0 Å². The molecule has 0 aliphatic rings. The first-order chi connectivity index (χ1) is 10.9. The summed E-state index contributed by atoms with van der Waals surface area (Å²) in [5.74, 6) is -3.29. The largest absolute Gasteiger partial charge is 0.480 e. The van der Waals surface area contributed by atoms with Gasteiger partial charge in [-0.1, -0.05) is 21.6 Å². The third-order valence-electron chi connectivity index (χ3n) is 1.99. The number of hydrogen-bond acceptors (Lipinski definition) is 9. The number of nitrogens with two attached hydrogens (primary N) is 2. The molecule has 0 spiro atoms. The van der Waals surface area contributed by atoms with Gasteiger partial charge in [0.2, 0.25) is 0 Å². The van der Waals surface area contributed by atoms with Crippen molar-refractivity contribution < 1.29 is 34.1 Å². The SMILES string of the molecule is CC(C)(C)OC(=O)C(SSCC(N)C(=O)O)C(N)C(=O)O.COC. The molecule has 6 N–H and O–H groups in total. The fourth-order valence-corrected chi connectivity index (χ4v) is 3.58. The lowest BCUT2D eigenvalue weighted by atomic mass is 10.1. The minimum Gasteiger partial charge on any atom is -0.480 e. The lowest BCUT2D eigenvalue weighted by Crippen LogP contribution is -2.46. The summed E-state index contributed by atoms with van der Waals surface area (Å²) in [6.07, 6.45) is 0. The second-order valence-corrected chi connectivity index (χ2v) is 8.11. The molecule has 9 nitrogen and oxygen atoms in total.